The maximum absolute atomic E-state index is 13.5. The third-order valence-electron chi connectivity index (χ3n) is 3.49. The van der Waals surface area contributed by atoms with Crippen molar-refractivity contribution in [2.24, 2.45) is 0 Å². The van der Waals surface area contributed by atoms with Gasteiger partial charge in [0.25, 0.3) is 0 Å². The fourth-order valence-electron chi connectivity index (χ4n) is 2.08. The minimum atomic E-state index is -0.468. The van der Waals surface area contributed by atoms with Gasteiger partial charge in [0.1, 0.15) is 11.9 Å². The Kier molecular flexibility index (Phi) is 5.15. The van der Waals surface area contributed by atoms with Crippen LogP contribution in [0, 0.1) is 5.82 Å². The third-order valence-corrected chi connectivity index (χ3v) is 3.49. The van der Waals surface area contributed by atoms with Gasteiger partial charge in [-0.1, -0.05) is 38.1 Å². The van der Waals surface area contributed by atoms with Crippen LogP contribution in [0.25, 0.3) is 0 Å². The average molecular weight is 300 g/mol. The SMILES string of the molecule is CC(Nc1ccc(C(C)C)cc1)C(=O)Nc1ccccc1F. The summed E-state index contributed by atoms with van der Waals surface area (Å²) in [6, 6.07) is 13.6. The molecule has 1 unspecified atom stereocenters. The molecular weight excluding hydrogens is 279 g/mol. The molecule has 1 amide bonds. The summed E-state index contributed by atoms with van der Waals surface area (Å²) in [7, 11) is 0. The maximum Gasteiger partial charge on any atom is 0.246 e. The van der Waals surface area contributed by atoms with Crippen molar-refractivity contribution in [2.45, 2.75) is 32.7 Å². The largest absolute Gasteiger partial charge is 0.374 e. The Bertz CT molecular complexity index is 638. The van der Waals surface area contributed by atoms with Crippen molar-refractivity contribution >= 4 is 17.3 Å². The number of anilines is 2. The first kappa shape index (κ1) is 16.0. The zero-order valence-corrected chi connectivity index (χ0v) is 13.1. The predicted octanol–water partition coefficient (Wildman–Crippen LogP) is 4.39. The van der Waals surface area contributed by atoms with Crippen molar-refractivity contribution in [2.75, 3.05) is 10.6 Å². The molecule has 0 aliphatic carbocycles. The van der Waals surface area contributed by atoms with E-state index >= 15 is 0 Å². The summed E-state index contributed by atoms with van der Waals surface area (Å²) in [6.45, 7) is 6.01. The second-order valence-electron chi connectivity index (χ2n) is 5.61. The average Bonchev–Trinajstić information content (AvgIpc) is 2.50. The third kappa shape index (κ3) is 4.07. The number of hydrogen-bond acceptors (Lipinski definition) is 2. The van der Waals surface area contributed by atoms with Crippen LogP contribution in [-0.4, -0.2) is 11.9 Å². The van der Waals surface area contributed by atoms with E-state index in [2.05, 4.69) is 24.5 Å². The molecule has 0 aliphatic rings. The molecule has 2 aromatic rings. The Morgan fingerprint density at radius 3 is 2.23 bits per heavy atom. The summed E-state index contributed by atoms with van der Waals surface area (Å²) in [6.07, 6.45) is 0. The van der Waals surface area contributed by atoms with E-state index in [-0.39, 0.29) is 11.6 Å². The highest BCUT2D eigenvalue weighted by Gasteiger charge is 2.14. The van der Waals surface area contributed by atoms with Gasteiger partial charge in [0, 0.05) is 5.69 Å². The second kappa shape index (κ2) is 7.07. The molecule has 0 saturated carbocycles. The van der Waals surface area contributed by atoms with Gasteiger partial charge in [-0.25, -0.2) is 4.39 Å². The Morgan fingerprint density at radius 2 is 1.64 bits per heavy atom. The highest BCUT2D eigenvalue weighted by atomic mass is 19.1. The lowest BCUT2D eigenvalue weighted by molar-refractivity contribution is -0.116. The van der Waals surface area contributed by atoms with Crippen LogP contribution in [-0.2, 0) is 4.79 Å². The fourth-order valence-corrected chi connectivity index (χ4v) is 2.08. The number of para-hydroxylation sites is 1. The molecule has 0 fully saturated rings. The van der Waals surface area contributed by atoms with Gasteiger partial charge in [-0.2, -0.15) is 0 Å². The summed E-state index contributed by atoms with van der Waals surface area (Å²) < 4.78 is 13.5. The van der Waals surface area contributed by atoms with Gasteiger partial charge < -0.3 is 10.6 Å². The maximum atomic E-state index is 13.5. The van der Waals surface area contributed by atoms with Gasteiger partial charge >= 0.3 is 0 Å². The summed E-state index contributed by atoms with van der Waals surface area (Å²) >= 11 is 0. The number of nitrogens with one attached hydrogen (secondary N) is 2. The minimum absolute atomic E-state index is 0.191. The Balaban J connectivity index is 1.98. The molecule has 0 aliphatic heterocycles. The van der Waals surface area contributed by atoms with E-state index in [0.29, 0.717) is 5.92 Å². The summed E-state index contributed by atoms with van der Waals surface area (Å²) in [5.74, 6) is -0.252. The van der Waals surface area contributed by atoms with Crippen LogP contribution < -0.4 is 10.6 Å². The highest BCUT2D eigenvalue weighted by Crippen LogP contribution is 2.18. The van der Waals surface area contributed by atoms with Crippen LogP contribution in [0.1, 0.15) is 32.3 Å². The van der Waals surface area contributed by atoms with Crippen molar-refractivity contribution < 1.29 is 9.18 Å². The summed E-state index contributed by atoms with van der Waals surface area (Å²) in [4.78, 5) is 12.1. The number of carbonyl (C=O) groups is 1. The van der Waals surface area contributed by atoms with Crippen LogP contribution in [0.2, 0.25) is 0 Å². The molecule has 1 atom stereocenters. The molecule has 4 heteroatoms. The lowest BCUT2D eigenvalue weighted by Gasteiger charge is -2.16. The number of halogens is 1. The zero-order chi connectivity index (χ0) is 16.1. The predicted molar refractivity (Wildman–Crippen MR) is 88.6 cm³/mol. The fraction of sp³-hybridized carbons (Fsp3) is 0.278. The lowest BCUT2D eigenvalue weighted by Crippen LogP contribution is -2.32. The first-order valence-corrected chi connectivity index (χ1v) is 7.39. The number of rotatable bonds is 5. The summed E-state index contributed by atoms with van der Waals surface area (Å²) in [5.41, 5.74) is 2.30. The molecule has 0 heterocycles. The van der Waals surface area contributed by atoms with Crippen LogP contribution >= 0.6 is 0 Å². The molecule has 2 N–H and O–H groups in total. The smallest absolute Gasteiger partial charge is 0.246 e. The van der Waals surface area contributed by atoms with Crippen molar-refractivity contribution in [3.05, 3.63) is 59.9 Å². The standard InChI is InChI=1S/C18H21FN2O/c1-12(2)14-8-10-15(11-9-14)20-13(3)18(22)21-17-7-5-4-6-16(17)19/h4-13,20H,1-3H3,(H,21,22). The number of hydrogen-bond donors (Lipinski definition) is 2. The van der Waals surface area contributed by atoms with Crippen LogP contribution in [0.3, 0.4) is 0 Å². The summed E-state index contributed by atoms with van der Waals surface area (Å²) in [5, 5.41) is 5.70. The number of amides is 1. The van der Waals surface area contributed by atoms with Gasteiger partial charge in [0.15, 0.2) is 0 Å². The monoisotopic (exact) mass is 300 g/mol. The molecular formula is C18H21FN2O. The van der Waals surface area contributed by atoms with Gasteiger partial charge in [-0.05, 0) is 42.7 Å². The first-order chi connectivity index (χ1) is 10.5. The lowest BCUT2D eigenvalue weighted by atomic mass is 10.0. The molecule has 22 heavy (non-hydrogen) atoms. The molecule has 2 rings (SSSR count). The first-order valence-electron chi connectivity index (χ1n) is 7.39. The Labute approximate surface area is 130 Å². The Hall–Kier alpha value is -2.36. The van der Waals surface area contributed by atoms with Crippen LogP contribution in [0.5, 0.6) is 0 Å². The van der Waals surface area contributed by atoms with Gasteiger partial charge in [0.05, 0.1) is 5.69 Å². The molecule has 0 bridgehead atoms. The molecule has 116 valence electrons. The van der Waals surface area contributed by atoms with E-state index in [1.807, 2.05) is 24.3 Å². The molecule has 0 radical (unpaired) electrons. The molecule has 2 aromatic carbocycles. The van der Waals surface area contributed by atoms with E-state index in [1.54, 1.807) is 19.1 Å². The van der Waals surface area contributed by atoms with Crippen molar-refractivity contribution in [1.82, 2.24) is 0 Å². The minimum Gasteiger partial charge on any atom is -0.374 e. The quantitative estimate of drug-likeness (QED) is 0.860. The highest BCUT2D eigenvalue weighted by molar-refractivity contribution is 5.96. The van der Waals surface area contributed by atoms with Crippen LogP contribution in [0.15, 0.2) is 48.5 Å². The Morgan fingerprint density at radius 1 is 1.00 bits per heavy atom. The van der Waals surface area contributed by atoms with E-state index in [1.165, 1.54) is 17.7 Å². The van der Waals surface area contributed by atoms with Crippen molar-refractivity contribution in [1.29, 1.82) is 0 Å². The van der Waals surface area contributed by atoms with Gasteiger partial charge in [-0.15, -0.1) is 0 Å². The normalized spacial score (nSPS) is 12.0. The van der Waals surface area contributed by atoms with Gasteiger partial charge in [0.2, 0.25) is 5.91 Å². The molecule has 0 saturated heterocycles. The van der Waals surface area contributed by atoms with E-state index < -0.39 is 11.9 Å². The molecule has 0 aromatic heterocycles. The number of carbonyl (C=O) groups excluding carboxylic acids is 1. The second-order valence-corrected chi connectivity index (χ2v) is 5.61. The van der Waals surface area contributed by atoms with Crippen molar-refractivity contribution in [3.8, 4) is 0 Å². The van der Waals surface area contributed by atoms with E-state index in [9.17, 15) is 9.18 Å². The van der Waals surface area contributed by atoms with Crippen LogP contribution in [0.4, 0.5) is 15.8 Å². The molecule has 3 nitrogen and oxygen atoms in total. The number of benzene rings is 2. The molecule has 0 spiro atoms. The van der Waals surface area contributed by atoms with Gasteiger partial charge in [-0.3, -0.25) is 4.79 Å². The topological polar surface area (TPSA) is 41.1 Å². The van der Waals surface area contributed by atoms with Crippen molar-refractivity contribution in [3.63, 3.8) is 0 Å². The zero-order valence-electron chi connectivity index (χ0n) is 13.1. The van der Waals surface area contributed by atoms with E-state index in [0.717, 1.165) is 5.69 Å². The van der Waals surface area contributed by atoms with E-state index in [4.69, 9.17) is 0 Å².